The second kappa shape index (κ2) is 9.93. The predicted molar refractivity (Wildman–Crippen MR) is 117 cm³/mol. The van der Waals surface area contributed by atoms with Gasteiger partial charge in [0, 0.05) is 43.6 Å². The van der Waals surface area contributed by atoms with Crippen LogP contribution in [-0.4, -0.2) is 54.2 Å². The maximum absolute atomic E-state index is 12.8. The van der Waals surface area contributed by atoms with Crippen LogP contribution in [0.4, 0.5) is 0 Å². The molecular weight excluding hydrogens is 428 g/mol. The molecule has 0 bridgehead atoms. The molecule has 1 saturated heterocycles. The van der Waals surface area contributed by atoms with Crippen LogP contribution in [0.3, 0.4) is 0 Å². The summed E-state index contributed by atoms with van der Waals surface area (Å²) in [7, 11) is 1.69. The van der Waals surface area contributed by atoms with Gasteiger partial charge in [-0.3, -0.25) is 14.4 Å². The number of fused-ring (bicyclic) bond motifs is 1. The molecule has 2 aromatic rings. The smallest absolute Gasteiger partial charge is 0.251 e. The highest BCUT2D eigenvalue weighted by molar-refractivity contribution is 5.95. The van der Waals surface area contributed by atoms with Crippen LogP contribution >= 0.6 is 0 Å². The van der Waals surface area contributed by atoms with E-state index in [4.69, 9.17) is 14.0 Å². The van der Waals surface area contributed by atoms with Crippen LogP contribution < -0.4 is 20.1 Å². The van der Waals surface area contributed by atoms with Crippen molar-refractivity contribution in [3.8, 4) is 11.5 Å². The average molecular weight is 456 g/mol. The van der Waals surface area contributed by atoms with Crippen molar-refractivity contribution in [3.05, 3.63) is 41.3 Å². The number of carbonyl (C=O) groups is 3. The fourth-order valence-corrected chi connectivity index (χ4v) is 4.07. The molecule has 2 aliphatic rings. The molecule has 0 spiro atoms. The molecule has 0 saturated carbocycles. The van der Waals surface area contributed by atoms with E-state index in [0.717, 1.165) is 0 Å². The van der Waals surface area contributed by atoms with Crippen LogP contribution in [0.5, 0.6) is 11.5 Å². The van der Waals surface area contributed by atoms with Crippen LogP contribution in [0.25, 0.3) is 0 Å². The van der Waals surface area contributed by atoms with Crippen LogP contribution in [0, 0.1) is 12.8 Å². The van der Waals surface area contributed by atoms with E-state index in [1.807, 2.05) is 0 Å². The zero-order valence-electron chi connectivity index (χ0n) is 18.8. The number of aryl methyl sites for hydroxylation is 1. The Labute approximate surface area is 191 Å². The summed E-state index contributed by atoms with van der Waals surface area (Å²) < 4.78 is 15.6. The number of hydrogen-bond acceptors (Lipinski definition) is 7. The van der Waals surface area contributed by atoms with E-state index < -0.39 is 5.92 Å². The molecule has 10 heteroatoms. The minimum absolute atomic E-state index is 0.128. The van der Waals surface area contributed by atoms with Gasteiger partial charge in [-0.2, -0.15) is 0 Å². The van der Waals surface area contributed by atoms with Crippen molar-refractivity contribution in [1.82, 2.24) is 20.7 Å². The summed E-state index contributed by atoms with van der Waals surface area (Å²) in [6.07, 6.45) is 2.04. The summed E-state index contributed by atoms with van der Waals surface area (Å²) in [5, 5.41) is 9.73. The molecule has 3 heterocycles. The lowest BCUT2D eigenvalue weighted by atomic mass is 9.96. The van der Waals surface area contributed by atoms with Gasteiger partial charge >= 0.3 is 0 Å². The predicted octanol–water partition coefficient (Wildman–Crippen LogP) is 1.78. The van der Waals surface area contributed by atoms with Gasteiger partial charge in [0.05, 0.1) is 6.54 Å². The quantitative estimate of drug-likeness (QED) is 0.703. The molecule has 1 aromatic carbocycles. The standard InChI is InChI=1S/C23H28N4O6/c1-14-8-18(26-33-14)11-24-22(29)15-4-3-5-17(12-27(2)21(28)10-15)25-23(30)16-6-7-19-20(9-16)32-13-31-19/h6-9,15,17H,3-5,10-13H2,1-2H3,(H,24,29)(H,25,30). The van der Waals surface area contributed by atoms with Gasteiger partial charge in [-0.15, -0.1) is 0 Å². The Morgan fingerprint density at radius 2 is 2.00 bits per heavy atom. The summed E-state index contributed by atoms with van der Waals surface area (Å²) in [5.41, 5.74) is 1.10. The number of hydrogen-bond donors (Lipinski definition) is 2. The third kappa shape index (κ3) is 5.63. The van der Waals surface area contributed by atoms with E-state index in [1.54, 1.807) is 43.1 Å². The van der Waals surface area contributed by atoms with Crippen molar-refractivity contribution >= 4 is 17.7 Å². The Hall–Kier alpha value is -3.56. The van der Waals surface area contributed by atoms with Gasteiger partial charge in [0.1, 0.15) is 11.5 Å². The number of carbonyl (C=O) groups excluding carboxylic acids is 3. The van der Waals surface area contributed by atoms with Gasteiger partial charge < -0.3 is 29.5 Å². The number of benzene rings is 1. The molecule has 1 fully saturated rings. The zero-order chi connectivity index (χ0) is 23.4. The van der Waals surface area contributed by atoms with Crippen LogP contribution in [-0.2, 0) is 16.1 Å². The topological polar surface area (TPSA) is 123 Å². The van der Waals surface area contributed by atoms with Crippen molar-refractivity contribution in [2.45, 2.75) is 45.2 Å². The average Bonchev–Trinajstić information content (AvgIpc) is 3.44. The molecule has 2 aliphatic heterocycles. The second-order valence-electron chi connectivity index (χ2n) is 8.49. The zero-order valence-corrected chi connectivity index (χ0v) is 18.8. The number of aromatic nitrogens is 1. The lowest BCUT2D eigenvalue weighted by molar-refractivity contribution is -0.135. The first-order chi connectivity index (χ1) is 15.9. The van der Waals surface area contributed by atoms with E-state index in [-0.39, 0.29) is 43.5 Å². The monoisotopic (exact) mass is 456 g/mol. The highest BCUT2D eigenvalue weighted by Gasteiger charge is 2.28. The molecule has 0 radical (unpaired) electrons. The molecule has 2 N–H and O–H groups in total. The lowest BCUT2D eigenvalue weighted by Crippen LogP contribution is -2.44. The first kappa shape index (κ1) is 22.6. The minimum Gasteiger partial charge on any atom is -0.454 e. The van der Waals surface area contributed by atoms with Gasteiger partial charge in [0.15, 0.2) is 11.5 Å². The van der Waals surface area contributed by atoms with E-state index in [2.05, 4.69) is 15.8 Å². The van der Waals surface area contributed by atoms with Crippen molar-refractivity contribution < 1.29 is 28.4 Å². The molecule has 2 atom stereocenters. The fourth-order valence-electron chi connectivity index (χ4n) is 4.07. The summed E-state index contributed by atoms with van der Waals surface area (Å²) in [6, 6.07) is 6.58. The molecule has 33 heavy (non-hydrogen) atoms. The number of rotatable bonds is 5. The molecule has 0 aliphatic carbocycles. The third-order valence-corrected chi connectivity index (χ3v) is 5.91. The van der Waals surface area contributed by atoms with Gasteiger partial charge in [-0.25, -0.2) is 0 Å². The largest absolute Gasteiger partial charge is 0.454 e. The van der Waals surface area contributed by atoms with E-state index in [0.29, 0.717) is 54.3 Å². The van der Waals surface area contributed by atoms with Crippen molar-refractivity contribution in [3.63, 3.8) is 0 Å². The molecular formula is C23H28N4O6. The van der Waals surface area contributed by atoms with Crippen molar-refractivity contribution in [2.24, 2.45) is 5.92 Å². The highest BCUT2D eigenvalue weighted by Crippen LogP contribution is 2.32. The Bertz CT molecular complexity index is 1040. The molecule has 10 nitrogen and oxygen atoms in total. The molecule has 2 unspecified atom stereocenters. The molecule has 176 valence electrons. The molecule has 3 amide bonds. The first-order valence-corrected chi connectivity index (χ1v) is 11.0. The lowest BCUT2D eigenvalue weighted by Gasteiger charge is -2.24. The number of likely N-dealkylation sites (N-methyl/N-ethyl adjacent to an activating group) is 1. The number of nitrogens with one attached hydrogen (secondary N) is 2. The SMILES string of the molecule is Cc1cc(CNC(=O)C2CCCC(NC(=O)c3ccc4c(c3)OCO4)CN(C)C(=O)C2)no1. The van der Waals surface area contributed by atoms with Crippen LogP contribution in [0.2, 0.25) is 0 Å². The first-order valence-electron chi connectivity index (χ1n) is 11.0. The van der Waals surface area contributed by atoms with Gasteiger partial charge in [-0.1, -0.05) is 11.6 Å². The van der Waals surface area contributed by atoms with Gasteiger partial charge in [0.2, 0.25) is 18.6 Å². The van der Waals surface area contributed by atoms with Gasteiger partial charge in [0.25, 0.3) is 5.91 Å². The van der Waals surface area contributed by atoms with Crippen LogP contribution in [0.1, 0.15) is 47.5 Å². The maximum atomic E-state index is 12.8. The third-order valence-electron chi connectivity index (χ3n) is 5.91. The summed E-state index contributed by atoms with van der Waals surface area (Å²) in [6.45, 7) is 2.56. The summed E-state index contributed by atoms with van der Waals surface area (Å²) >= 11 is 0. The Morgan fingerprint density at radius 1 is 1.18 bits per heavy atom. The summed E-state index contributed by atoms with van der Waals surface area (Å²) in [5.74, 6) is 0.845. The second-order valence-corrected chi connectivity index (χ2v) is 8.49. The highest BCUT2D eigenvalue weighted by atomic mass is 16.7. The maximum Gasteiger partial charge on any atom is 0.251 e. The minimum atomic E-state index is -0.434. The summed E-state index contributed by atoms with van der Waals surface area (Å²) in [4.78, 5) is 39.8. The van der Waals surface area contributed by atoms with Crippen LogP contribution in [0.15, 0.2) is 28.8 Å². The molecule has 4 rings (SSSR count). The van der Waals surface area contributed by atoms with E-state index >= 15 is 0 Å². The number of nitrogens with zero attached hydrogens (tertiary/aromatic N) is 2. The van der Waals surface area contributed by atoms with E-state index in [1.165, 1.54) is 0 Å². The Morgan fingerprint density at radius 3 is 2.79 bits per heavy atom. The Kier molecular flexibility index (Phi) is 6.81. The molecule has 1 aromatic heterocycles. The van der Waals surface area contributed by atoms with Crippen molar-refractivity contribution in [1.29, 1.82) is 0 Å². The van der Waals surface area contributed by atoms with Gasteiger partial charge in [-0.05, 0) is 38.0 Å². The van der Waals surface area contributed by atoms with E-state index in [9.17, 15) is 14.4 Å². The number of ether oxygens (including phenoxy) is 2. The van der Waals surface area contributed by atoms with Crippen molar-refractivity contribution in [2.75, 3.05) is 20.4 Å². The fraction of sp³-hybridized carbons (Fsp3) is 0.478. The Balaban J connectivity index is 1.35. The number of amides is 3. The normalized spacial score (nSPS) is 20.5.